The van der Waals surface area contributed by atoms with Gasteiger partial charge < -0.3 is 0 Å². The fourth-order valence-corrected chi connectivity index (χ4v) is 0.713. The van der Waals surface area contributed by atoms with E-state index in [1.165, 1.54) is 5.12 Å². The molecule has 0 aromatic heterocycles. The average Bonchev–Trinajstić information content (AvgIpc) is 2.01. The molecule has 0 heterocycles. The van der Waals surface area contributed by atoms with Crippen molar-refractivity contribution in [2.24, 2.45) is 5.84 Å². The van der Waals surface area contributed by atoms with Gasteiger partial charge in [-0.2, -0.15) is 5.84 Å². The summed E-state index contributed by atoms with van der Waals surface area (Å²) in [6.45, 7) is 11.2. The maximum Gasteiger partial charge on any atom is 0.306 e. The van der Waals surface area contributed by atoms with Crippen molar-refractivity contribution in [3.8, 4) is 6.57 Å². The van der Waals surface area contributed by atoms with Gasteiger partial charge in [0.1, 0.15) is 5.54 Å². The first-order chi connectivity index (χ1) is 4.60. The predicted octanol–water partition coefficient (Wildman–Crippen LogP) is 1.62. The molecule has 2 N–H and O–H groups in total. The summed E-state index contributed by atoms with van der Waals surface area (Å²) in [6.07, 6.45) is 1.89. The minimum Gasteiger partial charge on any atom is -0.182 e. The highest BCUT2D eigenvalue weighted by Crippen LogP contribution is 2.19. The van der Waals surface area contributed by atoms with Crippen LogP contribution in [0.4, 0.5) is 0 Å². The van der Waals surface area contributed by atoms with E-state index in [0.717, 1.165) is 12.8 Å². The smallest absolute Gasteiger partial charge is 0.182 e. The first-order valence-electron chi connectivity index (χ1n) is 3.56. The highest BCUT2D eigenvalue weighted by molar-refractivity contribution is 4.82. The van der Waals surface area contributed by atoms with E-state index < -0.39 is 0 Å². The van der Waals surface area contributed by atoms with Crippen molar-refractivity contribution >= 4 is 0 Å². The van der Waals surface area contributed by atoms with Gasteiger partial charge in [0.25, 0.3) is 0 Å². The van der Waals surface area contributed by atoms with Crippen molar-refractivity contribution in [2.75, 3.05) is 0 Å². The highest BCUT2D eigenvalue weighted by atomic mass is 15.6. The van der Waals surface area contributed by atoms with E-state index in [-0.39, 0.29) is 5.54 Å². The molecule has 0 saturated carbocycles. The van der Waals surface area contributed by atoms with Crippen molar-refractivity contribution in [2.45, 2.75) is 39.2 Å². The zero-order valence-electron chi connectivity index (χ0n) is 6.96. The molecule has 0 aliphatic carbocycles. The first-order valence-corrected chi connectivity index (χ1v) is 3.56. The largest absolute Gasteiger partial charge is 0.306 e. The Labute approximate surface area is 62.6 Å². The van der Waals surface area contributed by atoms with Gasteiger partial charge in [-0.25, -0.2) is 0 Å². The van der Waals surface area contributed by atoms with Crippen LogP contribution < -0.4 is 5.84 Å². The molecular weight excluding hydrogens is 126 g/mol. The van der Waals surface area contributed by atoms with Crippen molar-refractivity contribution in [3.05, 3.63) is 4.95 Å². The van der Waals surface area contributed by atoms with Gasteiger partial charge in [-0.15, -0.1) is 0 Å². The summed E-state index contributed by atoms with van der Waals surface area (Å²) in [7, 11) is 0. The quantitative estimate of drug-likeness (QED) is 0.480. The fourth-order valence-electron chi connectivity index (χ4n) is 0.713. The molecule has 0 spiro atoms. The van der Waals surface area contributed by atoms with Crippen LogP contribution in [0, 0.1) is 6.57 Å². The summed E-state index contributed by atoms with van der Waals surface area (Å²) in [4.78, 5) is 3.41. The average molecular weight is 142 g/mol. The third-order valence-corrected chi connectivity index (χ3v) is 2.20. The predicted molar refractivity (Wildman–Crippen MR) is 43.3 cm³/mol. The van der Waals surface area contributed by atoms with Gasteiger partial charge in [0.2, 0.25) is 0 Å². The molecule has 0 fully saturated rings. The van der Waals surface area contributed by atoms with E-state index in [9.17, 15) is 0 Å². The van der Waals surface area contributed by atoms with Gasteiger partial charge in [0.15, 0.2) is 0 Å². The Hall–Kier alpha value is -0.750. The van der Waals surface area contributed by atoms with Crippen LogP contribution >= 0.6 is 0 Å². The number of nitrogens with zero attached hydrogens (tertiary/aromatic N) is 2. The Morgan fingerprint density at radius 3 is 2.00 bits per heavy atom. The lowest BCUT2D eigenvalue weighted by atomic mass is 9.96. The van der Waals surface area contributed by atoms with Gasteiger partial charge in [-0.05, 0) is 19.8 Å². The molecule has 58 valence electrons. The number of hydrogen-bond donors (Lipinski definition) is 1. The summed E-state index contributed by atoms with van der Waals surface area (Å²) >= 11 is 0. The molecule has 0 saturated heterocycles. The Morgan fingerprint density at radius 1 is 1.50 bits per heavy atom. The van der Waals surface area contributed by atoms with E-state index >= 15 is 0 Å². The molecule has 0 aliphatic rings. The lowest BCUT2D eigenvalue weighted by Gasteiger charge is -2.23. The lowest BCUT2D eigenvalue weighted by Crippen LogP contribution is -2.45. The molecule has 0 aromatic carbocycles. The summed E-state index contributed by atoms with van der Waals surface area (Å²) in [5, 5.41) is 1.33. The Balaban J connectivity index is 4.20. The maximum atomic E-state index is 5.51. The van der Waals surface area contributed by atoms with Crippen LogP contribution in [0.5, 0.6) is 0 Å². The number of nitrogens with two attached hydrogens (primary N) is 1. The second kappa shape index (κ2) is 3.43. The molecule has 10 heavy (non-hydrogen) atoms. The van der Waals surface area contributed by atoms with E-state index in [1.807, 2.05) is 6.92 Å². The molecule has 0 amide bonds. The SMILES string of the molecule is C#[N+]N(N)C(C)(CC)CC. The van der Waals surface area contributed by atoms with E-state index in [4.69, 9.17) is 12.4 Å². The Kier molecular flexibility index (Phi) is 3.17. The van der Waals surface area contributed by atoms with Crippen molar-refractivity contribution in [1.29, 1.82) is 0 Å². The summed E-state index contributed by atoms with van der Waals surface area (Å²) in [6, 6.07) is 0. The highest BCUT2D eigenvalue weighted by Gasteiger charge is 2.31. The van der Waals surface area contributed by atoms with Gasteiger partial charge in [-0.3, -0.25) is 0 Å². The van der Waals surface area contributed by atoms with Gasteiger partial charge in [-0.1, -0.05) is 13.8 Å². The number of hydrogen-bond acceptors (Lipinski definition) is 2. The second-order valence-electron chi connectivity index (χ2n) is 2.66. The minimum absolute atomic E-state index is 0.0885. The van der Waals surface area contributed by atoms with Crippen LogP contribution in [0.3, 0.4) is 0 Å². The first kappa shape index (κ1) is 9.25. The Bertz CT molecular complexity index is 132. The summed E-state index contributed by atoms with van der Waals surface area (Å²) in [5.41, 5.74) is -0.0885. The maximum absolute atomic E-state index is 5.51. The molecule has 0 aromatic rings. The molecule has 0 radical (unpaired) electrons. The standard InChI is InChI=1S/C7H16N3/c1-5-7(3,6-2)10(8)9-4/h4H,5-6,8H2,1-3H3/q+1. The monoisotopic (exact) mass is 142 g/mol. The van der Waals surface area contributed by atoms with Gasteiger partial charge >= 0.3 is 6.57 Å². The summed E-state index contributed by atoms with van der Waals surface area (Å²) < 4.78 is 0. The number of rotatable bonds is 3. The van der Waals surface area contributed by atoms with Crippen molar-refractivity contribution in [1.82, 2.24) is 5.12 Å². The molecule has 3 nitrogen and oxygen atoms in total. The van der Waals surface area contributed by atoms with Crippen LogP contribution in [0.25, 0.3) is 4.95 Å². The van der Waals surface area contributed by atoms with E-state index in [2.05, 4.69) is 18.8 Å². The van der Waals surface area contributed by atoms with Crippen LogP contribution in [0.1, 0.15) is 33.6 Å². The molecule has 0 unspecified atom stereocenters. The molecule has 0 atom stereocenters. The topological polar surface area (TPSA) is 33.6 Å². The van der Waals surface area contributed by atoms with Crippen molar-refractivity contribution < 1.29 is 0 Å². The third kappa shape index (κ3) is 1.61. The minimum atomic E-state index is -0.0885. The Morgan fingerprint density at radius 2 is 1.90 bits per heavy atom. The molecular formula is C7H16N3+. The third-order valence-electron chi connectivity index (χ3n) is 2.20. The van der Waals surface area contributed by atoms with Gasteiger partial charge in [0, 0.05) is 5.12 Å². The lowest BCUT2D eigenvalue weighted by molar-refractivity contribution is 0.152. The molecule has 0 rings (SSSR count). The fraction of sp³-hybridized carbons (Fsp3) is 0.857. The van der Waals surface area contributed by atoms with Crippen LogP contribution in [0.15, 0.2) is 0 Å². The zero-order chi connectivity index (χ0) is 8.20. The van der Waals surface area contributed by atoms with Crippen LogP contribution in [-0.4, -0.2) is 10.7 Å². The summed E-state index contributed by atoms with van der Waals surface area (Å²) in [5.74, 6) is 5.51. The molecule has 0 bridgehead atoms. The molecule has 3 heteroatoms. The normalized spacial score (nSPS) is 10.7. The zero-order valence-corrected chi connectivity index (χ0v) is 6.96. The van der Waals surface area contributed by atoms with E-state index in [1.54, 1.807) is 0 Å². The van der Waals surface area contributed by atoms with E-state index in [0.29, 0.717) is 0 Å². The molecule has 0 aliphatic heterocycles. The van der Waals surface area contributed by atoms with Crippen LogP contribution in [-0.2, 0) is 0 Å². The van der Waals surface area contributed by atoms with Crippen LogP contribution in [0.2, 0.25) is 0 Å². The van der Waals surface area contributed by atoms with Gasteiger partial charge in [0.05, 0.1) is 4.95 Å². The van der Waals surface area contributed by atoms with Crippen molar-refractivity contribution in [3.63, 3.8) is 0 Å². The second-order valence-corrected chi connectivity index (χ2v) is 2.66. The number of hydrazine groups is 1.